The van der Waals surface area contributed by atoms with Crippen LogP contribution >= 0.6 is 0 Å². The average molecular weight is 469 g/mol. The van der Waals surface area contributed by atoms with Gasteiger partial charge < -0.3 is 4.74 Å². The van der Waals surface area contributed by atoms with E-state index in [4.69, 9.17) is 4.74 Å². The maximum Gasteiger partial charge on any atom is 0.307 e. The lowest BCUT2D eigenvalue weighted by molar-refractivity contribution is -0.141. The van der Waals surface area contributed by atoms with Crippen molar-refractivity contribution in [2.45, 2.75) is 120 Å². The van der Waals surface area contributed by atoms with Crippen LogP contribution in [0.2, 0.25) is 0 Å². The molecule has 0 radical (unpaired) electrons. The summed E-state index contributed by atoms with van der Waals surface area (Å²) in [5.41, 5.74) is 2.27. The standard InChI is InChI=1S/C32H52O2/c1-21(2)11-10-12-22(3)24-15-19-31(8)25(24)13-14-27-30(7)18-17-28(34-23(4)33)29(5,6)26(30)16-20-32(27,31)9/h16-17,21-22,24-25,27H,10-15,18-20H2,1-9H3/t22-,24-,25-,27-,30+,31-,32-/m1/s1. The number of hydrogen-bond donors (Lipinski definition) is 0. The van der Waals surface area contributed by atoms with Crippen molar-refractivity contribution >= 4 is 5.97 Å². The highest BCUT2D eigenvalue weighted by molar-refractivity contribution is 5.68. The van der Waals surface area contributed by atoms with Gasteiger partial charge in [0.15, 0.2) is 0 Å². The van der Waals surface area contributed by atoms with Gasteiger partial charge in [0.05, 0.1) is 0 Å². The summed E-state index contributed by atoms with van der Waals surface area (Å²) in [6.45, 7) is 21.2. The minimum Gasteiger partial charge on any atom is -0.431 e. The second-order valence-corrected chi connectivity index (χ2v) is 14.3. The van der Waals surface area contributed by atoms with E-state index < -0.39 is 0 Å². The summed E-state index contributed by atoms with van der Waals surface area (Å²) in [4.78, 5) is 11.8. The third-order valence-corrected chi connectivity index (χ3v) is 11.7. The first kappa shape index (κ1) is 26.0. The summed E-state index contributed by atoms with van der Waals surface area (Å²) in [6.07, 6.45) is 16.8. The number of hydrogen-bond acceptors (Lipinski definition) is 2. The highest BCUT2D eigenvalue weighted by Crippen LogP contribution is 2.74. The summed E-state index contributed by atoms with van der Waals surface area (Å²) in [5.74, 6) is 4.84. The number of allylic oxidation sites excluding steroid dienone is 3. The first-order chi connectivity index (χ1) is 15.8. The fraction of sp³-hybridized carbons (Fsp3) is 0.844. The quantitative estimate of drug-likeness (QED) is 0.287. The normalized spacial score (nSPS) is 41.6. The third kappa shape index (κ3) is 3.85. The van der Waals surface area contributed by atoms with Crippen molar-refractivity contribution in [1.29, 1.82) is 0 Å². The van der Waals surface area contributed by atoms with E-state index in [9.17, 15) is 4.79 Å². The zero-order valence-electron chi connectivity index (χ0n) is 23.7. The third-order valence-electron chi connectivity index (χ3n) is 11.7. The van der Waals surface area contributed by atoms with Gasteiger partial charge in [-0.05, 0) is 104 Å². The molecule has 0 heterocycles. The number of carbonyl (C=O) groups is 1. The molecule has 0 N–H and O–H groups in total. The molecule has 2 fully saturated rings. The zero-order chi connectivity index (χ0) is 25.1. The first-order valence-corrected chi connectivity index (χ1v) is 14.4. The molecule has 0 aliphatic heterocycles. The van der Waals surface area contributed by atoms with Crippen LogP contribution in [0.1, 0.15) is 120 Å². The van der Waals surface area contributed by atoms with E-state index in [0.29, 0.717) is 16.7 Å². The molecule has 2 saturated carbocycles. The molecule has 0 aromatic heterocycles. The summed E-state index contributed by atoms with van der Waals surface area (Å²) in [6, 6.07) is 0. The second-order valence-electron chi connectivity index (χ2n) is 14.3. The number of ether oxygens (including phenoxy) is 1. The van der Waals surface area contributed by atoms with Crippen molar-refractivity contribution in [3.8, 4) is 0 Å². The van der Waals surface area contributed by atoms with Gasteiger partial charge in [0, 0.05) is 12.3 Å². The van der Waals surface area contributed by atoms with Gasteiger partial charge in [-0.1, -0.05) is 72.5 Å². The van der Waals surface area contributed by atoms with Crippen LogP contribution in [0.3, 0.4) is 0 Å². The van der Waals surface area contributed by atoms with E-state index >= 15 is 0 Å². The van der Waals surface area contributed by atoms with Crippen LogP contribution in [0.25, 0.3) is 0 Å². The lowest BCUT2D eigenvalue weighted by atomic mass is 9.39. The molecule has 192 valence electrons. The predicted octanol–water partition coefficient (Wildman–Crippen LogP) is 9.11. The van der Waals surface area contributed by atoms with Crippen molar-refractivity contribution in [1.82, 2.24) is 0 Å². The summed E-state index contributed by atoms with van der Waals surface area (Å²) < 4.78 is 5.72. The maximum atomic E-state index is 11.8. The van der Waals surface area contributed by atoms with Gasteiger partial charge in [-0.2, -0.15) is 0 Å². The van der Waals surface area contributed by atoms with E-state index in [0.717, 1.165) is 35.9 Å². The van der Waals surface area contributed by atoms with E-state index in [-0.39, 0.29) is 16.8 Å². The lowest BCUT2D eigenvalue weighted by Gasteiger charge is -2.66. The van der Waals surface area contributed by atoms with E-state index in [1.165, 1.54) is 63.9 Å². The molecule has 0 amide bonds. The van der Waals surface area contributed by atoms with Crippen molar-refractivity contribution < 1.29 is 9.53 Å². The van der Waals surface area contributed by atoms with Crippen molar-refractivity contribution in [2.24, 2.45) is 51.2 Å². The van der Waals surface area contributed by atoms with Gasteiger partial charge in [0.2, 0.25) is 0 Å². The molecule has 34 heavy (non-hydrogen) atoms. The van der Waals surface area contributed by atoms with Crippen LogP contribution in [-0.4, -0.2) is 5.97 Å². The largest absolute Gasteiger partial charge is 0.431 e. The molecule has 0 aromatic rings. The Morgan fingerprint density at radius 1 is 0.971 bits per heavy atom. The Bertz CT molecular complexity index is 862. The maximum absolute atomic E-state index is 11.8. The van der Waals surface area contributed by atoms with Crippen molar-refractivity contribution in [3.05, 3.63) is 23.5 Å². The Hall–Kier alpha value is -1.05. The molecule has 0 bridgehead atoms. The second kappa shape index (κ2) is 8.81. The van der Waals surface area contributed by atoms with Crippen LogP contribution in [0, 0.1) is 51.2 Å². The molecule has 0 aromatic carbocycles. The molecule has 2 nitrogen and oxygen atoms in total. The lowest BCUT2D eigenvalue weighted by Crippen LogP contribution is -2.58. The van der Waals surface area contributed by atoms with Crippen LogP contribution in [0.5, 0.6) is 0 Å². The van der Waals surface area contributed by atoms with Gasteiger partial charge >= 0.3 is 5.97 Å². The van der Waals surface area contributed by atoms with Gasteiger partial charge in [0.25, 0.3) is 0 Å². The SMILES string of the molecule is CC(=O)OC1=CC[C@@]2(C)C(=CC[C@]3(C)[C@@H]2CC[C@@H]2[C@@H]([C@H](C)CCCC(C)C)CC[C@]23C)C1(C)C. The molecule has 0 saturated heterocycles. The van der Waals surface area contributed by atoms with Crippen LogP contribution in [-0.2, 0) is 9.53 Å². The van der Waals surface area contributed by atoms with Gasteiger partial charge in [-0.15, -0.1) is 0 Å². The van der Waals surface area contributed by atoms with E-state index in [1.54, 1.807) is 0 Å². The van der Waals surface area contributed by atoms with E-state index in [2.05, 4.69) is 67.5 Å². The fourth-order valence-corrected chi connectivity index (χ4v) is 9.74. The Kier molecular flexibility index (Phi) is 6.74. The Labute approximate surface area is 210 Å². The highest BCUT2D eigenvalue weighted by atomic mass is 16.5. The highest BCUT2D eigenvalue weighted by Gasteiger charge is 2.66. The number of fused-ring (bicyclic) bond motifs is 5. The number of esters is 1. The molecule has 0 unspecified atom stereocenters. The van der Waals surface area contributed by atoms with Crippen molar-refractivity contribution in [2.75, 3.05) is 0 Å². The van der Waals surface area contributed by atoms with Crippen LogP contribution < -0.4 is 0 Å². The first-order valence-electron chi connectivity index (χ1n) is 14.4. The smallest absolute Gasteiger partial charge is 0.307 e. The molecule has 4 aliphatic carbocycles. The van der Waals surface area contributed by atoms with Crippen molar-refractivity contribution in [3.63, 3.8) is 0 Å². The molecular formula is C32H52O2. The summed E-state index contributed by atoms with van der Waals surface area (Å²) in [5, 5.41) is 0. The summed E-state index contributed by atoms with van der Waals surface area (Å²) >= 11 is 0. The van der Waals surface area contributed by atoms with Crippen LogP contribution in [0.4, 0.5) is 0 Å². The van der Waals surface area contributed by atoms with Crippen LogP contribution in [0.15, 0.2) is 23.5 Å². The Balaban J connectivity index is 1.61. The summed E-state index contributed by atoms with van der Waals surface area (Å²) in [7, 11) is 0. The monoisotopic (exact) mass is 468 g/mol. The zero-order valence-corrected chi connectivity index (χ0v) is 23.7. The average Bonchev–Trinajstić information content (AvgIpc) is 3.08. The fourth-order valence-electron chi connectivity index (χ4n) is 9.74. The van der Waals surface area contributed by atoms with Gasteiger partial charge in [-0.25, -0.2) is 0 Å². The molecule has 4 rings (SSSR count). The minimum absolute atomic E-state index is 0.162. The molecule has 7 atom stereocenters. The topological polar surface area (TPSA) is 26.3 Å². The molecular weight excluding hydrogens is 416 g/mol. The molecule has 0 spiro atoms. The molecule has 2 heteroatoms. The van der Waals surface area contributed by atoms with Gasteiger partial charge in [0.1, 0.15) is 5.76 Å². The van der Waals surface area contributed by atoms with E-state index in [1.807, 2.05) is 0 Å². The Morgan fingerprint density at radius 3 is 2.32 bits per heavy atom. The van der Waals surface area contributed by atoms with Gasteiger partial charge in [-0.3, -0.25) is 4.79 Å². The predicted molar refractivity (Wildman–Crippen MR) is 142 cm³/mol. The molecule has 4 aliphatic rings. The Morgan fingerprint density at radius 2 is 1.68 bits per heavy atom. The number of rotatable bonds is 6. The number of carbonyl (C=O) groups excluding carboxylic acids is 1. The minimum atomic E-state index is -0.207.